The highest BCUT2D eigenvalue weighted by Crippen LogP contribution is 2.22. The van der Waals surface area contributed by atoms with Gasteiger partial charge in [-0.25, -0.2) is 14.8 Å². The van der Waals surface area contributed by atoms with Gasteiger partial charge < -0.3 is 9.88 Å². The summed E-state index contributed by atoms with van der Waals surface area (Å²) in [6.07, 6.45) is 5.05. The van der Waals surface area contributed by atoms with E-state index in [1.54, 1.807) is 42.7 Å². The summed E-state index contributed by atoms with van der Waals surface area (Å²) in [6.45, 7) is 1.37. The standard InChI is InChI=1S/C17H17N5O2/c23-15-13-6-1-2-7-14(13)20-17(24)22(15)12-5-3-10-21(11-12)16-18-8-4-9-19-16/h1-2,4,6-9,12H,3,5,10-11H2,(H,20,24)/t12-/m0/s1. The minimum atomic E-state index is -0.362. The molecule has 0 unspecified atom stereocenters. The number of benzene rings is 1. The van der Waals surface area contributed by atoms with Crippen LogP contribution >= 0.6 is 0 Å². The highest BCUT2D eigenvalue weighted by molar-refractivity contribution is 5.76. The summed E-state index contributed by atoms with van der Waals surface area (Å²) < 4.78 is 1.34. The predicted molar refractivity (Wildman–Crippen MR) is 91.3 cm³/mol. The van der Waals surface area contributed by atoms with Crippen LogP contribution in [0.15, 0.2) is 52.3 Å². The second-order valence-corrected chi connectivity index (χ2v) is 5.94. The molecule has 1 fully saturated rings. The minimum absolute atomic E-state index is 0.191. The van der Waals surface area contributed by atoms with Crippen molar-refractivity contribution in [1.29, 1.82) is 0 Å². The Hall–Kier alpha value is -2.96. The molecule has 7 nitrogen and oxygen atoms in total. The Morgan fingerprint density at radius 3 is 2.71 bits per heavy atom. The summed E-state index contributed by atoms with van der Waals surface area (Å²) in [5.41, 5.74) is -0.0301. The third-order valence-corrected chi connectivity index (χ3v) is 4.43. The molecule has 7 heteroatoms. The van der Waals surface area contributed by atoms with E-state index >= 15 is 0 Å². The van der Waals surface area contributed by atoms with Crippen LogP contribution in [-0.4, -0.2) is 32.6 Å². The molecular formula is C17H17N5O2. The van der Waals surface area contributed by atoms with Gasteiger partial charge in [0, 0.05) is 25.5 Å². The first-order chi connectivity index (χ1) is 11.7. The number of fused-ring (bicyclic) bond motifs is 1. The van der Waals surface area contributed by atoms with Crippen LogP contribution < -0.4 is 16.1 Å². The number of hydrogen-bond donors (Lipinski definition) is 1. The molecule has 24 heavy (non-hydrogen) atoms. The molecule has 0 spiro atoms. The zero-order valence-electron chi connectivity index (χ0n) is 13.1. The fraction of sp³-hybridized carbons (Fsp3) is 0.294. The van der Waals surface area contributed by atoms with Crippen LogP contribution in [0, 0.1) is 0 Å². The van der Waals surface area contributed by atoms with Crippen molar-refractivity contribution in [2.75, 3.05) is 18.0 Å². The van der Waals surface area contributed by atoms with Gasteiger partial charge in [-0.3, -0.25) is 9.36 Å². The maximum atomic E-state index is 12.8. The van der Waals surface area contributed by atoms with Crippen LogP contribution in [0.2, 0.25) is 0 Å². The Labute approximate surface area is 137 Å². The molecule has 1 aliphatic heterocycles. The molecule has 0 bridgehead atoms. The number of aromatic amines is 1. The highest BCUT2D eigenvalue weighted by Gasteiger charge is 2.25. The van der Waals surface area contributed by atoms with Crippen molar-refractivity contribution >= 4 is 16.9 Å². The monoisotopic (exact) mass is 323 g/mol. The number of para-hydroxylation sites is 1. The van der Waals surface area contributed by atoms with Crippen molar-refractivity contribution in [3.05, 3.63) is 63.6 Å². The van der Waals surface area contributed by atoms with Gasteiger partial charge in [0.1, 0.15) is 0 Å². The molecule has 1 N–H and O–H groups in total. The van der Waals surface area contributed by atoms with Gasteiger partial charge in [0.25, 0.3) is 5.56 Å². The first-order valence-corrected chi connectivity index (χ1v) is 7.99. The van der Waals surface area contributed by atoms with E-state index in [-0.39, 0.29) is 17.3 Å². The van der Waals surface area contributed by atoms with Gasteiger partial charge >= 0.3 is 5.69 Å². The second kappa shape index (κ2) is 5.92. The van der Waals surface area contributed by atoms with E-state index in [0.717, 1.165) is 19.4 Å². The molecule has 4 rings (SSSR count). The van der Waals surface area contributed by atoms with E-state index < -0.39 is 0 Å². The number of H-pyrrole nitrogens is 1. The van der Waals surface area contributed by atoms with Crippen molar-refractivity contribution in [3.63, 3.8) is 0 Å². The number of nitrogens with zero attached hydrogens (tertiary/aromatic N) is 4. The Balaban J connectivity index is 1.75. The zero-order chi connectivity index (χ0) is 16.5. The van der Waals surface area contributed by atoms with E-state index in [4.69, 9.17) is 0 Å². The molecule has 3 aromatic rings. The fourth-order valence-corrected chi connectivity index (χ4v) is 3.31. The predicted octanol–water partition coefficient (Wildman–Crippen LogP) is 1.32. The van der Waals surface area contributed by atoms with Gasteiger partial charge in [0.05, 0.1) is 16.9 Å². The van der Waals surface area contributed by atoms with E-state index in [1.807, 2.05) is 4.90 Å². The van der Waals surface area contributed by atoms with Crippen LogP contribution in [0.1, 0.15) is 18.9 Å². The van der Waals surface area contributed by atoms with Gasteiger partial charge in [-0.05, 0) is 31.0 Å². The molecule has 122 valence electrons. The Morgan fingerprint density at radius 1 is 1.08 bits per heavy atom. The van der Waals surface area contributed by atoms with Crippen LogP contribution in [0.4, 0.5) is 5.95 Å². The van der Waals surface area contributed by atoms with Crippen molar-refractivity contribution in [2.45, 2.75) is 18.9 Å². The number of rotatable bonds is 2. The molecule has 1 atom stereocenters. The lowest BCUT2D eigenvalue weighted by Gasteiger charge is -2.33. The Bertz CT molecular complexity index is 979. The molecule has 2 aromatic heterocycles. The number of piperidine rings is 1. The quantitative estimate of drug-likeness (QED) is 0.769. The number of anilines is 1. The van der Waals surface area contributed by atoms with Crippen LogP contribution in [0.3, 0.4) is 0 Å². The summed E-state index contributed by atoms with van der Waals surface area (Å²) in [5.74, 6) is 0.632. The Morgan fingerprint density at radius 2 is 1.88 bits per heavy atom. The molecule has 0 radical (unpaired) electrons. The van der Waals surface area contributed by atoms with Gasteiger partial charge in [-0.1, -0.05) is 12.1 Å². The molecule has 0 amide bonds. The summed E-state index contributed by atoms with van der Waals surface area (Å²) in [7, 11) is 0. The molecule has 1 aromatic carbocycles. The smallest absolute Gasteiger partial charge is 0.329 e. The van der Waals surface area contributed by atoms with Crippen LogP contribution in [0.5, 0.6) is 0 Å². The second-order valence-electron chi connectivity index (χ2n) is 5.94. The molecule has 0 saturated carbocycles. The third kappa shape index (κ3) is 2.47. The topological polar surface area (TPSA) is 83.9 Å². The maximum Gasteiger partial charge on any atom is 0.329 e. The summed E-state index contributed by atoms with van der Waals surface area (Å²) >= 11 is 0. The molecule has 1 aliphatic rings. The van der Waals surface area contributed by atoms with Gasteiger partial charge in [-0.2, -0.15) is 0 Å². The SMILES string of the molecule is O=c1[nH]c2ccccc2c(=O)n1[C@H]1CCCN(c2ncccn2)C1. The average Bonchev–Trinajstić information content (AvgIpc) is 2.63. The van der Waals surface area contributed by atoms with Crippen LogP contribution in [-0.2, 0) is 0 Å². The van der Waals surface area contributed by atoms with Gasteiger partial charge in [0.15, 0.2) is 0 Å². The molecule has 1 saturated heterocycles. The third-order valence-electron chi connectivity index (χ3n) is 4.43. The van der Waals surface area contributed by atoms with Gasteiger partial charge in [0.2, 0.25) is 5.95 Å². The minimum Gasteiger partial charge on any atom is -0.339 e. The lowest BCUT2D eigenvalue weighted by atomic mass is 10.1. The van der Waals surface area contributed by atoms with Crippen molar-refractivity contribution in [3.8, 4) is 0 Å². The van der Waals surface area contributed by atoms with Crippen LogP contribution in [0.25, 0.3) is 10.9 Å². The largest absolute Gasteiger partial charge is 0.339 e. The van der Waals surface area contributed by atoms with Gasteiger partial charge in [-0.15, -0.1) is 0 Å². The summed E-state index contributed by atoms with van der Waals surface area (Å²) in [6, 6.07) is 8.67. The lowest BCUT2D eigenvalue weighted by Crippen LogP contribution is -2.46. The van der Waals surface area contributed by atoms with Crippen molar-refractivity contribution in [2.24, 2.45) is 0 Å². The molecular weight excluding hydrogens is 306 g/mol. The first kappa shape index (κ1) is 14.6. The molecule has 3 heterocycles. The van der Waals surface area contributed by atoms with Crippen molar-refractivity contribution < 1.29 is 0 Å². The normalized spacial score (nSPS) is 18.0. The van der Waals surface area contributed by atoms with Crippen molar-refractivity contribution in [1.82, 2.24) is 19.5 Å². The average molecular weight is 323 g/mol. The summed E-state index contributed by atoms with van der Waals surface area (Å²) in [5, 5.41) is 0.533. The van der Waals surface area contributed by atoms with E-state index in [0.29, 0.717) is 23.4 Å². The Kier molecular flexibility index (Phi) is 3.60. The van der Waals surface area contributed by atoms with E-state index in [1.165, 1.54) is 4.57 Å². The van der Waals surface area contributed by atoms with E-state index in [2.05, 4.69) is 15.0 Å². The van der Waals surface area contributed by atoms with E-state index in [9.17, 15) is 9.59 Å². The number of nitrogens with one attached hydrogen (secondary N) is 1. The number of hydrogen-bond acceptors (Lipinski definition) is 5. The fourth-order valence-electron chi connectivity index (χ4n) is 3.31. The lowest BCUT2D eigenvalue weighted by molar-refractivity contribution is 0.383. The zero-order valence-corrected chi connectivity index (χ0v) is 13.1. The molecule has 0 aliphatic carbocycles. The maximum absolute atomic E-state index is 12.8. The first-order valence-electron chi connectivity index (χ1n) is 7.99. The highest BCUT2D eigenvalue weighted by atomic mass is 16.2. The number of aromatic nitrogens is 4. The summed E-state index contributed by atoms with van der Waals surface area (Å²) in [4.78, 5) is 38.6.